The lowest BCUT2D eigenvalue weighted by Crippen LogP contribution is -2.31. The number of hydrogen-bond donors (Lipinski definition) is 1. The Morgan fingerprint density at radius 1 is 1.16 bits per heavy atom. The number of aryl methyl sites for hydroxylation is 1. The summed E-state index contributed by atoms with van der Waals surface area (Å²) < 4.78 is 0. The van der Waals surface area contributed by atoms with Crippen LogP contribution in [0.15, 0.2) is 12.1 Å². The van der Waals surface area contributed by atoms with E-state index in [4.69, 9.17) is 0 Å². The van der Waals surface area contributed by atoms with Crippen molar-refractivity contribution in [3.05, 3.63) is 34.4 Å². The SMILES string of the molecule is CCC(CNC)CN(C)Cc1ccc(C)c(C)c1C. The van der Waals surface area contributed by atoms with E-state index < -0.39 is 0 Å². The maximum absolute atomic E-state index is 3.29. The van der Waals surface area contributed by atoms with Crippen molar-refractivity contribution in [2.24, 2.45) is 5.92 Å². The standard InChI is InChI=1S/C17H30N2/c1-7-16(10-18-5)11-19(6)12-17-9-8-13(2)14(3)15(17)4/h8-9,16,18H,7,10-12H2,1-6H3. The highest BCUT2D eigenvalue weighted by atomic mass is 15.1. The summed E-state index contributed by atoms with van der Waals surface area (Å²) in [4.78, 5) is 2.45. The van der Waals surface area contributed by atoms with Crippen LogP contribution in [0.4, 0.5) is 0 Å². The zero-order valence-corrected chi connectivity index (χ0v) is 13.5. The van der Waals surface area contributed by atoms with Gasteiger partial charge in [-0.15, -0.1) is 0 Å². The molecule has 108 valence electrons. The molecule has 2 nitrogen and oxygen atoms in total. The minimum Gasteiger partial charge on any atom is -0.319 e. The van der Waals surface area contributed by atoms with Crippen molar-refractivity contribution in [1.29, 1.82) is 0 Å². The molecule has 0 saturated carbocycles. The van der Waals surface area contributed by atoms with E-state index >= 15 is 0 Å². The number of nitrogens with zero attached hydrogens (tertiary/aromatic N) is 1. The van der Waals surface area contributed by atoms with Gasteiger partial charge >= 0.3 is 0 Å². The summed E-state index contributed by atoms with van der Waals surface area (Å²) in [6, 6.07) is 4.53. The van der Waals surface area contributed by atoms with E-state index in [0.29, 0.717) is 0 Å². The molecular weight excluding hydrogens is 232 g/mol. The molecule has 0 heterocycles. The second-order valence-electron chi connectivity index (χ2n) is 5.82. The fourth-order valence-electron chi connectivity index (χ4n) is 2.61. The minimum absolute atomic E-state index is 0.738. The summed E-state index contributed by atoms with van der Waals surface area (Å²) >= 11 is 0. The third-order valence-electron chi connectivity index (χ3n) is 4.25. The Balaban J connectivity index is 2.66. The third kappa shape index (κ3) is 4.63. The average molecular weight is 262 g/mol. The van der Waals surface area contributed by atoms with Gasteiger partial charge in [-0.05, 0) is 69.6 Å². The van der Waals surface area contributed by atoms with Crippen molar-refractivity contribution < 1.29 is 0 Å². The molecule has 0 radical (unpaired) electrons. The lowest BCUT2D eigenvalue weighted by atomic mass is 9.98. The van der Waals surface area contributed by atoms with Crippen molar-refractivity contribution in [3.63, 3.8) is 0 Å². The molecule has 0 amide bonds. The molecule has 0 aliphatic rings. The van der Waals surface area contributed by atoms with Crippen LogP contribution < -0.4 is 5.32 Å². The van der Waals surface area contributed by atoms with Crippen molar-refractivity contribution in [3.8, 4) is 0 Å². The fourth-order valence-corrected chi connectivity index (χ4v) is 2.61. The molecule has 0 spiro atoms. The first kappa shape index (κ1) is 16.2. The highest BCUT2D eigenvalue weighted by molar-refractivity contribution is 5.38. The Kier molecular flexibility index (Phi) is 6.53. The topological polar surface area (TPSA) is 15.3 Å². The van der Waals surface area contributed by atoms with Crippen LogP contribution in [-0.2, 0) is 6.54 Å². The van der Waals surface area contributed by atoms with Gasteiger partial charge in [0.1, 0.15) is 0 Å². The zero-order chi connectivity index (χ0) is 14.4. The van der Waals surface area contributed by atoms with E-state index in [9.17, 15) is 0 Å². The van der Waals surface area contributed by atoms with Gasteiger partial charge in [0.15, 0.2) is 0 Å². The predicted octanol–water partition coefficient (Wildman–Crippen LogP) is 3.29. The largest absolute Gasteiger partial charge is 0.319 e. The Hall–Kier alpha value is -0.860. The Morgan fingerprint density at radius 3 is 2.42 bits per heavy atom. The molecule has 1 N–H and O–H groups in total. The highest BCUT2D eigenvalue weighted by Gasteiger charge is 2.11. The monoisotopic (exact) mass is 262 g/mol. The maximum Gasteiger partial charge on any atom is 0.0233 e. The molecule has 1 rings (SSSR count). The Morgan fingerprint density at radius 2 is 1.84 bits per heavy atom. The second-order valence-corrected chi connectivity index (χ2v) is 5.82. The molecule has 0 aromatic heterocycles. The van der Waals surface area contributed by atoms with E-state index in [0.717, 1.165) is 25.6 Å². The summed E-state index contributed by atoms with van der Waals surface area (Å²) in [6.45, 7) is 12.2. The zero-order valence-electron chi connectivity index (χ0n) is 13.5. The first-order valence-electron chi connectivity index (χ1n) is 7.38. The van der Waals surface area contributed by atoms with Crippen LogP contribution in [-0.4, -0.2) is 32.1 Å². The first-order valence-corrected chi connectivity index (χ1v) is 7.38. The van der Waals surface area contributed by atoms with E-state index in [1.807, 2.05) is 7.05 Å². The Labute approximate surface area is 119 Å². The van der Waals surface area contributed by atoms with E-state index in [1.165, 1.54) is 28.7 Å². The van der Waals surface area contributed by atoms with Gasteiger partial charge in [-0.2, -0.15) is 0 Å². The molecule has 0 fully saturated rings. The van der Waals surface area contributed by atoms with Crippen LogP contribution >= 0.6 is 0 Å². The van der Waals surface area contributed by atoms with E-state index in [1.54, 1.807) is 0 Å². The van der Waals surface area contributed by atoms with Crippen molar-refractivity contribution in [1.82, 2.24) is 10.2 Å². The van der Waals surface area contributed by atoms with Gasteiger partial charge in [-0.3, -0.25) is 0 Å². The van der Waals surface area contributed by atoms with Crippen LogP contribution in [0.1, 0.15) is 35.6 Å². The van der Waals surface area contributed by atoms with Gasteiger partial charge in [-0.1, -0.05) is 25.5 Å². The fraction of sp³-hybridized carbons (Fsp3) is 0.647. The molecular formula is C17H30N2. The molecule has 1 unspecified atom stereocenters. The van der Waals surface area contributed by atoms with Gasteiger partial charge in [0.25, 0.3) is 0 Å². The van der Waals surface area contributed by atoms with Crippen molar-refractivity contribution in [2.45, 2.75) is 40.7 Å². The number of nitrogens with one attached hydrogen (secondary N) is 1. The summed E-state index contributed by atoms with van der Waals surface area (Å²) in [5.41, 5.74) is 5.75. The van der Waals surface area contributed by atoms with Crippen LogP contribution in [0, 0.1) is 26.7 Å². The molecule has 19 heavy (non-hydrogen) atoms. The molecule has 0 saturated heterocycles. The second kappa shape index (κ2) is 7.66. The van der Waals surface area contributed by atoms with Crippen LogP contribution in [0.3, 0.4) is 0 Å². The molecule has 2 heteroatoms. The summed E-state index contributed by atoms with van der Waals surface area (Å²) in [7, 11) is 4.27. The number of hydrogen-bond acceptors (Lipinski definition) is 2. The molecule has 0 aliphatic heterocycles. The first-order chi connectivity index (χ1) is 8.99. The van der Waals surface area contributed by atoms with E-state index in [2.05, 4.69) is 57.1 Å². The van der Waals surface area contributed by atoms with E-state index in [-0.39, 0.29) is 0 Å². The van der Waals surface area contributed by atoms with Crippen molar-refractivity contribution >= 4 is 0 Å². The smallest absolute Gasteiger partial charge is 0.0233 e. The van der Waals surface area contributed by atoms with Gasteiger partial charge in [0.05, 0.1) is 0 Å². The average Bonchev–Trinajstić information content (AvgIpc) is 2.39. The third-order valence-corrected chi connectivity index (χ3v) is 4.25. The molecule has 1 aromatic rings. The molecule has 1 aromatic carbocycles. The van der Waals surface area contributed by atoms with Crippen LogP contribution in [0.5, 0.6) is 0 Å². The van der Waals surface area contributed by atoms with Gasteiger partial charge < -0.3 is 10.2 Å². The van der Waals surface area contributed by atoms with Crippen molar-refractivity contribution in [2.75, 3.05) is 27.2 Å². The normalized spacial score (nSPS) is 13.0. The highest BCUT2D eigenvalue weighted by Crippen LogP contribution is 2.18. The quantitative estimate of drug-likeness (QED) is 0.811. The lowest BCUT2D eigenvalue weighted by Gasteiger charge is -2.24. The summed E-state index contributed by atoms with van der Waals surface area (Å²) in [6.07, 6.45) is 1.23. The molecule has 0 bridgehead atoms. The van der Waals surface area contributed by atoms with Crippen LogP contribution in [0.25, 0.3) is 0 Å². The van der Waals surface area contributed by atoms with Gasteiger partial charge in [-0.25, -0.2) is 0 Å². The summed E-state index contributed by atoms with van der Waals surface area (Å²) in [5, 5.41) is 3.29. The van der Waals surface area contributed by atoms with Gasteiger partial charge in [0, 0.05) is 13.1 Å². The number of benzene rings is 1. The predicted molar refractivity (Wildman–Crippen MR) is 84.7 cm³/mol. The minimum atomic E-state index is 0.738. The summed E-state index contributed by atoms with van der Waals surface area (Å²) in [5.74, 6) is 0.738. The molecule has 1 atom stereocenters. The number of rotatable bonds is 7. The molecule has 0 aliphatic carbocycles. The maximum atomic E-state index is 3.29. The lowest BCUT2D eigenvalue weighted by molar-refractivity contribution is 0.261. The Bertz CT molecular complexity index is 398. The van der Waals surface area contributed by atoms with Gasteiger partial charge in [0.2, 0.25) is 0 Å². The van der Waals surface area contributed by atoms with Crippen LogP contribution in [0.2, 0.25) is 0 Å².